The zero-order chi connectivity index (χ0) is 13.8. The molecule has 0 bridgehead atoms. The van der Waals surface area contributed by atoms with Crippen LogP contribution in [0.2, 0.25) is 0 Å². The summed E-state index contributed by atoms with van der Waals surface area (Å²) in [5, 5.41) is 8.87. The largest absolute Gasteiger partial charge is 0.244 e. The molecule has 1 fully saturated rings. The Morgan fingerprint density at radius 3 is 2.32 bits per heavy atom. The molecule has 0 radical (unpaired) electrons. The molecule has 3 heteroatoms. The first-order valence-corrected chi connectivity index (χ1v) is 7.83. The summed E-state index contributed by atoms with van der Waals surface area (Å²) < 4.78 is 2.16. The van der Waals surface area contributed by atoms with Gasteiger partial charge in [-0.2, -0.15) is 0 Å². The van der Waals surface area contributed by atoms with Gasteiger partial charge in [0.1, 0.15) is 0 Å². The van der Waals surface area contributed by atoms with Crippen LogP contribution in [0.1, 0.15) is 58.8 Å². The van der Waals surface area contributed by atoms with Crippen molar-refractivity contribution < 1.29 is 0 Å². The molecule has 19 heavy (non-hydrogen) atoms. The summed E-state index contributed by atoms with van der Waals surface area (Å²) in [4.78, 5) is 0. The minimum absolute atomic E-state index is 0.0557. The fourth-order valence-corrected chi connectivity index (χ4v) is 4.20. The minimum atomic E-state index is 0.0557. The molecule has 3 atom stereocenters. The number of nitrogens with zero attached hydrogens (tertiary/aromatic N) is 3. The van der Waals surface area contributed by atoms with E-state index in [1.54, 1.807) is 0 Å². The molecule has 1 saturated carbocycles. The van der Waals surface area contributed by atoms with Crippen molar-refractivity contribution in [1.29, 1.82) is 0 Å². The van der Waals surface area contributed by atoms with Crippen LogP contribution < -0.4 is 0 Å². The molecule has 1 aromatic heterocycles. The normalized spacial score (nSPS) is 30.5. The molecule has 3 unspecified atom stereocenters. The smallest absolute Gasteiger partial charge is 0.0859 e. The maximum absolute atomic E-state index is 4.46. The van der Waals surface area contributed by atoms with Crippen LogP contribution in [0, 0.1) is 23.7 Å². The SMILES string of the molecule is CC(C)C1C2CCc3nnn(C(C)(C)C)c3CCC21. The Kier molecular flexibility index (Phi) is 2.99. The number of aryl methyl sites for hydroxylation is 1. The highest BCUT2D eigenvalue weighted by Crippen LogP contribution is 2.56. The lowest BCUT2D eigenvalue weighted by Crippen LogP contribution is -2.26. The molecule has 1 heterocycles. The van der Waals surface area contributed by atoms with Gasteiger partial charge in [-0.3, -0.25) is 0 Å². The zero-order valence-corrected chi connectivity index (χ0v) is 13.0. The first-order chi connectivity index (χ1) is 8.89. The third kappa shape index (κ3) is 2.21. The maximum Gasteiger partial charge on any atom is 0.0859 e. The maximum atomic E-state index is 4.46. The lowest BCUT2D eigenvalue weighted by atomic mass is 10.00. The van der Waals surface area contributed by atoms with Crippen LogP contribution in [0.5, 0.6) is 0 Å². The van der Waals surface area contributed by atoms with E-state index in [2.05, 4.69) is 49.6 Å². The van der Waals surface area contributed by atoms with E-state index in [4.69, 9.17) is 0 Å². The van der Waals surface area contributed by atoms with Crippen LogP contribution in [0.4, 0.5) is 0 Å². The Morgan fingerprint density at radius 1 is 1.11 bits per heavy atom. The van der Waals surface area contributed by atoms with Gasteiger partial charge in [0, 0.05) is 0 Å². The van der Waals surface area contributed by atoms with Crippen LogP contribution >= 0.6 is 0 Å². The summed E-state index contributed by atoms with van der Waals surface area (Å²) in [6.45, 7) is 11.4. The van der Waals surface area contributed by atoms with E-state index in [9.17, 15) is 0 Å². The standard InChI is InChI=1S/C16H27N3/c1-10(2)15-11-6-8-13-14(9-7-12(11)15)19(18-17-13)16(3,4)5/h10-12,15H,6-9H2,1-5H3. The Hall–Kier alpha value is -0.860. The van der Waals surface area contributed by atoms with E-state index in [1.165, 1.54) is 30.7 Å². The number of aromatic nitrogens is 3. The molecule has 3 rings (SSSR count). The Morgan fingerprint density at radius 2 is 1.74 bits per heavy atom. The minimum Gasteiger partial charge on any atom is -0.244 e. The van der Waals surface area contributed by atoms with E-state index >= 15 is 0 Å². The molecule has 0 amide bonds. The summed E-state index contributed by atoms with van der Waals surface area (Å²) in [7, 11) is 0. The second kappa shape index (κ2) is 4.32. The fourth-order valence-electron chi connectivity index (χ4n) is 4.20. The Labute approximate surface area is 116 Å². The van der Waals surface area contributed by atoms with Crippen molar-refractivity contribution in [2.75, 3.05) is 0 Å². The molecular formula is C16H27N3. The van der Waals surface area contributed by atoms with E-state index in [0.29, 0.717) is 0 Å². The number of hydrogen-bond donors (Lipinski definition) is 0. The van der Waals surface area contributed by atoms with Crippen LogP contribution in [0.3, 0.4) is 0 Å². The molecule has 2 aliphatic rings. The molecule has 0 spiro atoms. The van der Waals surface area contributed by atoms with Gasteiger partial charge in [0.25, 0.3) is 0 Å². The fraction of sp³-hybridized carbons (Fsp3) is 0.875. The molecule has 1 aromatic rings. The van der Waals surface area contributed by atoms with Crippen LogP contribution in [0.15, 0.2) is 0 Å². The van der Waals surface area contributed by atoms with E-state index in [0.717, 1.165) is 30.1 Å². The van der Waals surface area contributed by atoms with Crippen molar-refractivity contribution in [2.24, 2.45) is 23.7 Å². The third-order valence-electron chi connectivity index (χ3n) is 5.08. The topological polar surface area (TPSA) is 30.7 Å². The summed E-state index contributed by atoms with van der Waals surface area (Å²) in [6, 6.07) is 0. The van der Waals surface area contributed by atoms with Gasteiger partial charge in [0.15, 0.2) is 0 Å². The van der Waals surface area contributed by atoms with Gasteiger partial charge >= 0.3 is 0 Å². The molecule has 0 N–H and O–H groups in total. The number of fused-ring (bicyclic) bond motifs is 2. The van der Waals surface area contributed by atoms with Gasteiger partial charge in [-0.25, -0.2) is 4.68 Å². The summed E-state index contributed by atoms with van der Waals surface area (Å²) in [6.07, 6.45) is 4.97. The Balaban J connectivity index is 1.82. The van der Waals surface area contributed by atoms with E-state index in [1.807, 2.05) is 0 Å². The molecule has 0 aliphatic heterocycles. The van der Waals surface area contributed by atoms with E-state index in [-0.39, 0.29) is 5.54 Å². The Bertz CT molecular complexity index is 467. The summed E-state index contributed by atoms with van der Waals surface area (Å²) in [5.41, 5.74) is 2.73. The third-order valence-corrected chi connectivity index (χ3v) is 5.08. The molecule has 106 valence electrons. The number of rotatable bonds is 1. The second-order valence-corrected chi connectivity index (χ2v) is 7.79. The number of hydrogen-bond acceptors (Lipinski definition) is 2. The predicted octanol–water partition coefficient (Wildman–Crippen LogP) is 3.43. The highest BCUT2D eigenvalue weighted by Gasteiger charge is 2.50. The van der Waals surface area contributed by atoms with Crippen molar-refractivity contribution in [3.8, 4) is 0 Å². The molecule has 2 aliphatic carbocycles. The molecule has 3 nitrogen and oxygen atoms in total. The highest BCUT2D eigenvalue weighted by molar-refractivity contribution is 5.16. The lowest BCUT2D eigenvalue weighted by molar-refractivity contribution is 0.332. The van der Waals surface area contributed by atoms with Crippen molar-refractivity contribution in [1.82, 2.24) is 15.0 Å². The monoisotopic (exact) mass is 261 g/mol. The lowest BCUT2D eigenvalue weighted by Gasteiger charge is -2.22. The van der Waals surface area contributed by atoms with Gasteiger partial charge < -0.3 is 0 Å². The summed E-state index contributed by atoms with van der Waals surface area (Å²) in [5.74, 6) is 3.76. The van der Waals surface area contributed by atoms with Crippen LogP contribution in [-0.2, 0) is 18.4 Å². The van der Waals surface area contributed by atoms with Crippen molar-refractivity contribution in [3.63, 3.8) is 0 Å². The van der Waals surface area contributed by atoms with Crippen molar-refractivity contribution in [2.45, 2.75) is 65.8 Å². The molecule has 0 saturated heterocycles. The van der Waals surface area contributed by atoms with Crippen LogP contribution in [-0.4, -0.2) is 15.0 Å². The van der Waals surface area contributed by atoms with Crippen molar-refractivity contribution in [3.05, 3.63) is 11.4 Å². The van der Waals surface area contributed by atoms with Gasteiger partial charge in [-0.1, -0.05) is 19.1 Å². The van der Waals surface area contributed by atoms with Gasteiger partial charge in [0.2, 0.25) is 0 Å². The molecular weight excluding hydrogens is 234 g/mol. The van der Waals surface area contributed by atoms with Gasteiger partial charge in [0.05, 0.1) is 16.9 Å². The second-order valence-electron chi connectivity index (χ2n) is 7.79. The van der Waals surface area contributed by atoms with Gasteiger partial charge in [-0.05, 0) is 70.1 Å². The quantitative estimate of drug-likeness (QED) is 0.775. The average molecular weight is 261 g/mol. The first-order valence-electron chi connectivity index (χ1n) is 7.83. The van der Waals surface area contributed by atoms with Crippen LogP contribution in [0.25, 0.3) is 0 Å². The predicted molar refractivity (Wildman–Crippen MR) is 77.0 cm³/mol. The zero-order valence-electron chi connectivity index (χ0n) is 13.0. The molecule has 0 aromatic carbocycles. The summed E-state index contributed by atoms with van der Waals surface area (Å²) >= 11 is 0. The first kappa shape index (κ1) is 13.1. The van der Waals surface area contributed by atoms with Gasteiger partial charge in [-0.15, -0.1) is 5.10 Å². The highest BCUT2D eigenvalue weighted by atomic mass is 15.5. The van der Waals surface area contributed by atoms with E-state index < -0.39 is 0 Å². The average Bonchev–Trinajstić information content (AvgIpc) is 2.79. The van der Waals surface area contributed by atoms with Crippen molar-refractivity contribution >= 4 is 0 Å².